The second-order valence-corrected chi connectivity index (χ2v) is 7.34. The fourth-order valence-corrected chi connectivity index (χ4v) is 3.66. The lowest BCUT2D eigenvalue weighted by molar-refractivity contribution is -0.920. The van der Waals surface area contributed by atoms with E-state index in [9.17, 15) is 4.79 Å². The number of fused-ring (bicyclic) bond motifs is 1. The molecule has 136 valence electrons. The molecule has 0 unspecified atom stereocenters. The van der Waals surface area contributed by atoms with Crippen molar-refractivity contribution < 1.29 is 19.4 Å². The maximum Gasteiger partial charge on any atom is 0.336 e. The van der Waals surface area contributed by atoms with Crippen molar-refractivity contribution in [1.82, 2.24) is 0 Å². The second kappa shape index (κ2) is 8.13. The maximum absolute atomic E-state index is 11.9. The maximum atomic E-state index is 11.9. The summed E-state index contributed by atoms with van der Waals surface area (Å²) in [4.78, 5) is 13.5. The van der Waals surface area contributed by atoms with Gasteiger partial charge < -0.3 is 19.4 Å². The molecule has 0 saturated carbocycles. The molecule has 1 aromatic carbocycles. The monoisotopic (exact) mass is 346 g/mol. The molecule has 5 nitrogen and oxygen atoms in total. The van der Waals surface area contributed by atoms with Gasteiger partial charge in [-0.3, -0.25) is 0 Å². The van der Waals surface area contributed by atoms with Crippen molar-refractivity contribution in [2.24, 2.45) is 0 Å². The Kier molecular flexibility index (Phi) is 5.89. The van der Waals surface area contributed by atoms with Gasteiger partial charge in [0.1, 0.15) is 38.3 Å². The average molecular weight is 346 g/mol. The summed E-state index contributed by atoms with van der Waals surface area (Å²) in [6.07, 6.45) is 0. The fraction of sp³-hybridized carbons (Fsp3) is 0.550. The van der Waals surface area contributed by atoms with Gasteiger partial charge in [-0.2, -0.15) is 0 Å². The fourth-order valence-electron chi connectivity index (χ4n) is 3.66. The lowest BCUT2D eigenvalue weighted by Gasteiger charge is -2.22. The summed E-state index contributed by atoms with van der Waals surface area (Å²) in [6, 6.07) is 5.86. The third kappa shape index (κ3) is 4.48. The molecule has 2 heterocycles. The SMILES string of the molecule is Cc1cc2oc(=O)cc(C[NH2+]CC[NH+]3CCOCC3)c2cc1C(C)C. The van der Waals surface area contributed by atoms with E-state index in [0.29, 0.717) is 11.5 Å². The Hall–Kier alpha value is -1.69. The highest BCUT2D eigenvalue weighted by molar-refractivity contribution is 5.82. The van der Waals surface area contributed by atoms with Crippen LogP contribution in [0, 0.1) is 6.92 Å². The van der Waals surface area contributed by atoms with Gasteiger partial charge in [0.25, 0.3) is 0 Å². The molecule has 1 saturated heterocycles. The Balaban J connectivity index is 1.73. The summed E-state index contributed by atoms with van der Waals surface area (Å²) in [6.45, 7) is 13.4. The van der Waals surface area contributed by atoms with Gasteiger partial charge >= 0.3 is 5.63 Å². The van der Waals surface area contributed by atoms with Crippen LogP contribution in [0.3, 0.4) is 0 Å². The molecule has 3 rings (SSSR count). The van der Waals surface area contributed by atoms with Crippen LogP contribution in [0.4, 0.5) is 0 Å². The van der Waals surface area contributed by atoms with E-state index in [1.165, 1.54) is 11.1 Å². The number of rotatable bonds is 6. The first kappa shape index (κ1) is 18.1. The zero-order chi connectivity index (χ0) is 17.8. The van der Waals surface area contributed by atoms with E-state index in [2.05, 4.69) is 32.2 Å². The zero-order valence-electron chi connectivity index (χ0n) is 15.6. The van der Waals surface area contributed by atoms with Crippen molar-refractivity contribution in [2.75, 3.05) is 39.4 Å². The van der Waals surface area contributed by atoms with Gasteiger partial charge in [0.2, 0.25) is 0 Å². The molecule has 25 heavy (non-hydrogen) atoms. The summed E-state index contributed by atoms with van der Waals surface area (Å²) in [5.74, 6) is 0.457. The molecule has 2 aromatic rings. The lowest BCUT2D eigenvalue weighted by atomic mass is 9.95. The van der Waals surface area contributed by atoms with Crippen LogP contribution in [0.2, 0.25) is 0 Å². The van der Waals surface area contributed by atoms with Crippen LogP contribution >= 0.6 is 0 Å². The van der Waals surface area contributed by atoms with Gasteiger partial charge in [-0.15, -0.1) is 0 Å². The third-order valence-corrected chi connectivity index (χ3v) is 5.11. The van der Waals surface area contributed by atoms with E-state index in [-0.39, 0.29) is 5.63 Å². The van der Waals surface area contributed by atoms with Gasteiger partial charge in [-0.1, -0.05) is 13.8 Å². The predicted octanol–water partition coefficient (Wildman–Crippen LogP) is 0.203. The van der Waals surface area contributed by atoms with Gasteiger partial charge in [-0.05, 0) is 36.1 Å². The first-order chi connectivity index (χ1) is 12.0. The van der Waals surface area contributed by atoms with Crippen LogP contribution in [0.5, 0.6) is 0 Å². The number of hydrogen-bond acceptors (Lipinski definition) is 3. The Bertz CT molecular complexity index is 776. The van der Waals surface area contributed by atoms with Crippen LogP contribution in [-0.4, -0.2) is 39.4 Å². The van der Waals surface area contributed by atoms with Crippen molar-refractivity contribution in [2.45, 2.75) is 33.2 Å². The molecule has 1 fully saturated rings. The quantitative estimate of drug-likeness (QED) is 0.580. The first-order valence-electron chi connectivity index (χ1n) is 9.35. The Morgan fingerprint density at radius 3 is 2.68 bits per heavy atom. The summed E-state index contributed by atoms with van der Waals surface area (Å²) >= 11 is 0. The highest BCUT2D eigenvalue weighted by Crippen LogP contribution is 2.26. The van der Waals surface area contributed by atoms with E-state index in [1.54, 1.807) is 11.0 Å². The standard InChI is InChI=1S/C20H28N2O3/c1-14(2)17-12-18-16(11-20(23)25-19(18)10-15(17)3)13-21-4-5-22-6-8-24-9-7-22/h10-12,14,21H,4-9,13H2,1-3H3/p+2. The van der Waals surface area contributed by atoms with E-state index in [0.717, 1.165) is 56.9 Å². The minimum atomic E-state index is -0.258. The van der Waals surface area contributed by atoms with Crippen molar-refractivity contribution in [3.05, 3.63) is 45.3 Å². The summed E-state index contributed by atoms with van der Waals surface area (Å²) in [7, 11) is 0. The van der Waals surface area contributed by atoms with Crippen LogP contribution in [0.1, 0.15) is 36.5 Å². The molecular weight excluding hydrogens is 316 g/mol. The first-order valence-corrected chi connectivity index (χ1v) is 9.35. The van der Waals surface area contributed by atoms with Crippen molar-refractivity contribution in [1.29, 1.82) is 0 Å². The Labute approximate surface area is 149 Å². The largest absolute Gasteiger partial charge is 0.423 e. The second-order valence-electron chi connectivity index (χ2n) is 7.34. The molecular formula is C20H30N2O3+2. The van der Waals surface area contributed by atoms with Gasteiger partial charge in [-0.25, -0.2) is 4.79 Å². The topological polar surface area (TPSA) is 60.5 Å². The smallest absolute Gasteiger partial charge is 0.336 e. The highest BCUT2D eigenvalue weighted by atomic mass is 16.5. The van der Waals surface area contributed by atoms with Crippen molar-refractivity contribution >= 4 is 11.0 Å². The minimum Gasteiger partial charge on any atom is -0.423 e. The molecule has 1 aromatic heterocycles. The number of benzene rings is 1. The van der Waals surface area contributed by atoms with Crippen LogP contribution < -0.4 is 15.8 Å². The van der Waals surface area contributed by atoms with Crippen LogP contribution in [0.25, 0.3) is 11.0 Å². The van der Waals surface area contributed by atoms with Crippen molar-refractivity contribution in [3.8, 4) is 0 Å². The summed E-state index contributed by atoms with van der Waals surface area (Å²) in [5, 5.41) is 3.37. The number of hydrogen-bond donors (Lipinski definition) is 2. The van der Waals surface area contributed by atoms with E-state index < -0.39 is 0 Å². The molecule has 1 aliphatic rings. The van der Waals surface area contributed by atoms with E-state index in [1.807, 2.05) is 6.07 Å². The number of aryl methyl sites for hydroxylation is 1. The van der Waals surface area contributed by atoms with Crippen molar-refractivity contribution in [3.63, 3.8) is 0 Å². The van der Waals surface area contributed by atoms with E-state index >= 15 is 0 Å². The molecule has 0 aliphatic carbocycles. The third-order valence-electron chi connectivity index (χ3n) is 5.11. The van der Waals surface area contributed by atoms with Gasteiger partial charge in [0.05, 0.1) is 13.2 Å². The molecule has 0 spiro atoms. The molecule has 1 aliphatic heterocycles. The molecule has 3 N–H and O–H groups in total. The highest BCUT2D eigenvalue weighted by Gasteiger charge is 2.15. The molecule has 0 radical (unpaired) electrons. The van der Waals surface area contributed by atoms with Gasteiger partial charge in [0, 0.05) is 17.0 Å². The number of nitrogens with two attached hydrogens (primary N) is 1. The minimum absolute atomic E-state index is 0.258. The Morgan fingerprint density at radius 1 is 1.20 bits per heavy atom. The number of morpholine rings is 1. The normalized spacial score (nSPS) is 16.0. The van der Waals surface area contributed by atoms with Crippen LogP contribution in [-0.2, 0) is 11.3 Å². The molecule has 0 bridgehead atoms. The Morgan fingerprint density at radius 2 is 1.96 bits per heavy atom. The molecule has 5 heteroatoms. The summed E-state index contributed by atoms with van der Waals surface area (Å²) < 4.78 is 10.8. The number of ether oxygens (including phenoxy) is 1. The molecule has 0 amide bonds. The lowest BCUT2D eigenvalue weighted by Crippen LogP contribution is -3.16. The molecule has 0 atom stereocenters. The summed E-state index contributed by atoms with van der Waals surface area (Å²) in [5.41, 5.74) is 4.02. The van der Waals surface area contributed by atoms with E-state index in [4.69, 9.17) is 9.15 Å². The number of quaternary nitrogens is 2. The average Bonchev–Trinajstić information content (AvgIpc) is 2.58. The van der Waals surface area contributed by atoms with Gasteiger partial charge in [0.15, 0.2) is 0 Å². The predicted molar refractivity (Wildman–Crippen MR) is 98.2 cm³/mol. The van der Waals surface area contributed by atoms with Crippen LogP contribution in [0.15, 0.2) is 27.4 Å². The zero-order valence-corrected chi connectivity index (χ0v) is 15.6. The number of nitrogens with one attached hydrogen (secondary N) is 1.